The van der Waals surface area contributed by atoms with Gasteiger partial charge in [0.05, 0.1) is 36.6 Å². The highest BCUT2D eigenvalue weighted by molar-refractivity contribution is 6.33. The number of nitrogens with one attached hydrogen (secondary N) is 1. The van der Waals surface area contributed by atoms with E-state index in [4.69, 9.17) is 26.3 Å². The van der Waals surface area contributed by atoms with E-state index in [1.807, 2.05) is 24.3 Å². The number of methoxy groups -OCH3 is 1. The molecule has 0 aromatic heterocycles. The smallest absolute Gasteiger partial charge is 0.118 e. The molecule has 114 valence electrons. The van der Waals surface area contributed by atoms with E-state index in [2.05, 4.69) is 11.4 Å². The first kappa shape index (κ1) is 16.2. The molecule has 0 heterocycles. The molecule has 0 fully saturated rings. The third-order valence-electron chi connectivity index (χ3n) is 3.11. The van der Waals surface area contributed by atoms with E-state index in [-0.39, 0.29) is 0 Å². The molecule has 0 amide bonds. The first-order valence-electron chi connectivity index (χ1n) is 6.87. The summed E-state index contributed by atoms with van der Waals surface area (Å²) in [6.45, 7) is 1.62. The second-order valence-electron chi connectivity index (χ2n) is 4.60. The first-order chi connectivity index (χ1) is 10.7. The van der Waals surface area contributed by atoms with Crippen molar-refractivity contribution in [1.82, 2.24) is 0 Å². The van der Waals surface area contributed by atoms with Crippen molar-refractivity contribution < 1.29 is 9.47 Å². The van der Waals surface area contributed by atoms with Crippen LogP contribution in [0.3, 0.4) is 0 Å². The first-order valence-corrected chi connectivity index (χ1v) is 7.25. The van der Waals surface area contributed by atoms with E-state index >= 15 is 0 Å². The minimum absolute atomic E-state index is 0.516. The quantitative estimate of drug-likeness (QED) is 0.788. The zero-order valence-electron chi connectivity index (χ0n) is 12.3. The van der Waals surface area contributed by atoms with Crippen LogP contribution in [-0.4, -0.2) is 20.3 Å². The van der Waals surface area contributed by atoms with Crippen molar-refractivity contribution in [2.45, 2.75) is 6.61 Å². The van der Waals surface area contributed by atoms with Crippen molar-refractivity contribution in [2.24, 2.45) is 0 Å². The number of halogens is 1. The molecule has 0 saturated carbocycles. The minimum Gasteiger partial charge on any atom is -0.497 e. The lowest BCUT2D eigenvalue weighted by atomic mass is 10.2. The Labute approximate surface area is 135 Å². The Morgan fingerprint density at radius 3 is 2.64 bits per heavy atom. The summed E-state index contributed by atoms with van der Waals surface area (Å²) in [4.78, 5) is 0. The van der Waals surface area contributed by atoms with Crippen LogP contribution in [0.4, 0.5) is 5.69 Å². The number of hydrogen-bond donors (Lipinski definition) is 1. The van der Waals surface area contributed by atoms with Gasteiger partial charge in [0, 0.05) is 6.54 Å². The van der Waals surface area contributed by atoms with Crippen molar-refractivity contribution in [2.75, 3.05) is 25.6 Å². The summed E-state index contributed by atoms with van der Waals surface area (Å²) in [7, 11) is 1.64. The molecular weight excluding hydrogens is 300 g/mol. The third kappa shape index (κ3) is 4.39. The molecular formula is C17H17ClN2O2. The van der Waals surface area contributed by atoms with Gasteiger partial charge in [-0.1, -0.05) is 29.8 Å². The Bertz CT molecular complexity index is 651. The Hall–Kier alpha value is -2.22. The maximum Gasteiger partial charge on any atom is 0.118 e. The Morgan fingerprint density at radius 2 is 1.95 bits per heavy atom. The van der Waals surface area contributed by atoms with Gasteiger partial charge in [0.25, 0.3) is 0 Å². The van der Waals surface area contributed by atoms with Crippen LogP contribution in [0.25, 0.3) is 0 Å². The molecule has 22 heavy (non-hydrogen) atoms. The molecule has 2 aromatic carbocycles. The van der Waals surface area contributed by atoms with Crippen molar-refractivity contribution in [1.29, 1.82) is 5.26 Å². The lowest BCUT2D eigenvalue weighted by Gasteiger charge is -2.10. The van der Waals surface area contributed by atoms with Gasteiger partial charge in [-0.2, -0.15) is 5.26 Å². The number of ether oxygens (including phenoxy) is 2. The van der Waals surface area contributed by atoms with E-state index in [1.54, 1.807) is 25.3 Å². The standard InChI is InChI=1S/C17H17ClN2O2/c1-21-15-7-5-13(6-8-15)12-22-10-9-20-17-14(11-19)3-2-4-16(17)18/h2-8,20H,9-10,12H2,1H3. The van der Waals surface area contributed by atoms with Gasteiger partial charge in [-0.15, -0.1) is 0 Å². The van der Waals surface area contributed by atoms with Gasteiger partial charge in [0.1, 0.15) is 11.8 Å². The van der Waals surface area contributed by atoms with Crippen LogP contribution >= 0.6 is 11.6 Å². The predicted molar refractivity (Wildman–Crippen MR) is 87.3 cm³/mol. The fourth-order valence-electron chi connectivity index (χ4n) is 1.96. The summed E-state index contributed by atoms with van der Waals surface area (Å²) < 4.78 is 10.7. The van der Waals surface area contributed by atoms with Gasteiger partial charge in [0.15, 0.2) is 0 Å². The molecule has 0 radical (unpaired) electrons. The second-order valence-corrected chi connectivity index (χ2v) is 5.01. The van der Waals surface area contributed by atoms with Crippen LogP contribution in [0.15, 0.2) is 42.5 Å². The summed E-state index contributed by atoms with van der Waals surface area (Å²) in [6.07, 6.45) is 0. The molecule has 0 saturated heterocycles. The number of nitrogens with zero attached hydrogens (tertiary/aromatic N) is 1. The Morgan fingerprint density at radius 1 is 1.18 bits per heavy atom. The van der Waals surface area contributed by atoms with Crippen molar-refractivity contribution in [3.63, 3.8) is 0 Å². The molecule has 0 aliphatic carbocycles. The third-order valence-corrected chi connectivity index (χ3v) is 3.42. The van der Waals surface area contributed by atoms with Gasteiger partial charge in [0.2, 0.25) is 0 Å². The van der Waals surface area contributed by atoms with E-state index < -0.39 is 0 Å². The molecule has 0 atom stereocenters. The van der Waals surface area contributed by atoms with Crippen LogP contribution in [0.5, 0.6) is 5.75 Å². The highest BCUT2D eigenvalue weighted by Crippen LogP contribution is 2.25. The van der Waals surface area contributed by atoms with Crippen molar-refractivity contribution >= 4 is 17.3 Å². The van der Waals surface area contributed by atoms with E-state index in [0.29, 0.717) is 36.0 Å². The zero-order chi connectivity index (χ0) is 15.8. The van der Waals surface area contributed by atoms with Crippen LogP contribution in [-0.2, 0) is 11.3 Å². The fraction of sp³-hybridized carbons (Fsp3) is 0.235. The van der Waals surface area contributed by atoms with Crippen LogP contribution < -0.4 is 10.1 Å². The van der Waals surface area contributed by atoms with Crippen LogP contribution in [0.1, 0.15) is 11.1 Å². The predicted octanol–water partition coefficient (Wildman–Crippen LogP) is 3.85. The molecule has 2 aromatic rings. The van der Waals surface area contributed by atoms with E-state index in [1.165, 1.54) is 0 Å². The lowest BCUT2D eigenvalue weighted by molar-refractivity contribution is 0.130. The van der Waals surface area contributed by atoms with E-state index in [9.17, 15) is 0 Å². The van der Waals surface area contributed by atoms with E-state index in [0.717, 1.165) is 11.3 Å². The fourth-order valence-corrected chi connectivity index (χ4v) is 2.20. The van der Waals surface area contributed by atoms with Crippen LogP contribution in [0, 0.1) is 11.3 Å². The van der Waals surface area contributed by atoms with Gasteiger partial charge in [-0.3, -0.25) is 0 Å². The Balaban J connectivity index is 1.77. The maximum absolute atomic E-state index is 9.05. The van der Waals surface area contributed by atoms with Gasteiger partial charge in [-0.25, -0.2) is 0 Å². The molecule has 0 aliphatic rings. The molecule has 4 nitrogen and oxygen atoms in total. The number of nitriles is 1. The molecule has 0 unspecified atom stereocenters. The number of anilines is 1. The molecule has 0 bridgehead atoms. The molecule has 2 rings (SSSR count). The lowest BCUT2D eigenvalue weighted by Crippen LogP contribution is -2.10. The topological polar surface area (TPSA) is 54.3 Å². The Kier molecular flexibility index (Phi) is 6.08. The molecule has 1 N–H and O–H groups in total. The summed E-state index contributed by atoms with van der Waals surface area (Å²) in [5.41, 5.74) is 2.26. The molecule has 0 aliphatic heterocycles. The van der Waals surface area contributed by atoms with Crippen molar-refractivity contribution in [3.05, 3.63) is 58.6 Å². The van der Waals surface area contributed by atoms with Gasteiger partial charge in [-0.05, 0) is 29.8 Å². The molecule has 5 heteroatoms. The van der Waals surface area contributed by atoms with Gasteiger partial charge >= 0.3 is 0 Å². The average molecular weight is 317 g/mol. The SMILES string of the molecule is COc1ccc(COCCNc2c(Cl)cccc2C#N)cc1. The number of benzene rings is 2. The van der Waals surface area contributed by atoms with Crippen LogP contribution in [0.2, 0.25) is 5.02 Å². The highest BCUT2D eigenvalue weighted by atomic mass is 35.5. The minimum atomic E-state index is 0.516. The number of rotatable bonds is 7. The van der Waals surface area contributed by atoms with Crippen molar-refractivity contribution in [3.8, 4) is 11.8 Å². The monoisotopic (exact) mass is 316 g/mol. The summed E-state index contributed by atoms with van der Waals surface area (Å²) in [6, 6.07) is 15.1. The highest BCUT2D eigenvalue weighted by Gasteiger charge is 2.05. The normalized spacial score (nSPS) is 10.0. The maximum atomic E-state index is 9.05. The zero-order valence-corrected chi connectivity index (χ0v) is 13.1. The largest absolute Gasteiger partial charge is 0.497 e. The summed E-state index contributed by atoms with van der Waals surface area (Å²) in [5.74, 6) is 0.827. The van der Waals surface area contributed by atoms with Gasteiger partial charge < -0.3 is 14.8 Å². The molecule has 0 spiro atoms. The average Bonchev–Trinajstić information content (AvgIpc) is 2.56. The summed E-state index contributed by atoms with van der Waals surface area (Å²) in [5, 5.41) is 12.7. The number of hydrogen-bond acceptors (Lipinski definition) is 4. The number of para-hydroxylation sites is 1. The summed E-state index contributed by atoms with van der Waals surface area (Å²) >= 11 is 6.08. The second kappa shape index (κ2) is 8.28.